The molecule has 1 heterocycles. The number of non-ortho nitro benzene ring substituents is 1. The van der Waals surface area contributed by atoms with Crippen molar-refractivity contribution in [3.63, 3.8) is 0 Å². The highest BCUT2D eigenvalue weighted by molar-refractivity contribution is 6.04. The Morgan fingerprint density at radius 1 is 1.07 bits per heavy atom. The molecule has 0 radical (unpaired) electrons. The predicted octanol–water partition coefficient (Wildman–Crippen LogP) is 3.45. The third kappa shape index (κ3) is 4.58. The zero-order chi connectivity index (χ0) is 20.1. The van der Waals surface area contributed by atoms with Crippen LogP contribution in [0.4, 0.5) is 28.6 Å². The molecule has 0 aliphatic carbocycles. The molecule has 9 heteroatoms. The largest absolute Gasteiger partial charge is 0.376 e. The van der Waals surface area contributed by atoms with Crippen molar-refractivity contribution in [3.8, 4) is 0 Å². The van der Waals surface area contributed by atoms with E-state index in [1.807, 2.05) is 25.1 Å². The fourth-order valence-electron chi connectivity index (χ4n) is 2.41. The molecule has 3 aromatic rings. The number of hydrogen-bond acceptors (Lipinski definition) is 7. The molecule has 2 aromatic carbocycles. The van der Waals surface area contributed by atoms with Crippen molar-refractivity contribution in [1.82, 2.24) is 10.2 Å². The lowest BCUT2D eigenvalue weighted by Crippen LogP contribution is -2.12. The van der Waals surface area contributed by atoms with Crippen molar-refractivity contribution >= 4 is 34.5 Å². The summed E-state index contributed by atoms with van der Waals surface area (Å²) in [5.41, 5.74) is 2.34. The third-order valence-corrected chi connectivity index (χ3v) is 3.89. The second kappa shape index (κ2) is 8.12. The second-order valence-corrected chi connectivity index (χ2v) is 6.16. The van der Waals surface area contributed by atoms with Gasteiger partial charge in [-0.05, 0) is 30.3 Å². The summed E-state index contributed by atoms with van der Waals surface area (Å²) in [4.78, 5) is 24.5. The van der Waals surface area contributed by atoms with Crippen molar-refractivity contribution in [3.05, 3.63) is 76.5 Å². The van der Waals surface area contributed by atoms with Gasteiger partial charge in [0, 0.05) is 49.2 Å². The minimum absolute atomic E-state index is 0.131. The number of hydrogen-bond donors (Lipinski definition) is 2. The summed E-state index contributed by atoms with van der Waals surface area (Å²) in [5.74, 6) is 0.175. The number of aromatic nitrogens is 2. The molecular formula is C19H18N6O3. The quantitative estimate of drug-likeness (QED) is 0.499. The lowest BCUT2D eigenvalue weighted by atomic mass is 10.2. The number of carbonyl (C=O) groups is 1. The zero-order valence-corrected chi connectivity index (χ0v) is 15.3. The number of nitrogens with one attached hydrogen (secondary N) is 2. The normalized spacial score (nSPS) is 10.2. The molecule has 0 unspecified atom stereocenters. The van der Waals surface area contributed by atoms with E-state index in [1.54, 1.807) is 30.5 Å². The molecule has 0 aliphatic heterocycles. The maximum absolute atomic E-state index is 12.3. The fourth-order valence-corrected chi connectivity index (χ4v) is 2.41. The van der Waals surface area contributed by atoms with Gasteiger partial charge in [0.25, 0.3) is 11.6 Å². The second-order valence-electron chi connectivity index (χ2n) is 6.16. The molecule has 3 rings (SSSR count). The lowest BCUT2D eigenvalue weighted by Gasteiger charge is -2.13. The maximum Gasteiger partial charge on any atom is 0.270 e. The molecule has 0 atom stereocenters. The van der Waals surface area contributed by atoms with Gasteiger partial charge in [0.2, 0.25) is 0 Å². The molecule has 0 saturated heterocycles. The molecule has 0 spiro atoms. The van der Waals surface area contributed by atoms with Crippen LogP contribution in [0.5, 0.6) is 0 Å². The third-order valence-electron chi connectivity index (χ3n) is 3.89. The Hall–Kier alpha value is -4.01. The van der Waals surface area contributed by atoms with Gasteiger partial charge in [-0.15, -0.1) is 5.10 Å². The zero-order valence-electron chi connectivity index (χ0n) is 15.3. The van der Waals surface area contributed by atoms with Crippen molar-refractivity contribution in [2.45, 2.75) is 0 Å². The summed E-state index contributed by atoms with van der Waals surface area (Å²) in [6.45, 7) is 0. The Balaban J connectivity index is 1.67. The van der Waals surface area contributed by atoms with Crippen molar-refractivity contribution < 1.29 is 9.72 Å². The molecule has 2 N–H and O–H groups in total. The van der Waals surface area contributed by atoms with Gasteiger partial charge < -0.3 is 15.5 Å². The van der Waals surface area contributed by atoms with Gasteiger partial charge >= 0.3 is 0 Å². The Morgan fingerprint density at radius 3 is 2.46 bits per heavy atom. The van der Waals surface area contributed by atoms with E-state index in [2.05, 4.69) is 20.8 Å². The molecule has 28 heavy (non-hydrogen) atoms. The summed E-state index contributed by atoms with van der Waals surface area (Å²) in [6, 6.07) is 14.5. The number of rotatable bonds is 6. The van der Waals surface area contributed by atoms with E-state index in [1.165, 1.54) is 24.3 Å². The predicted molar refractivity (Wildman–Crippen MR) is 107 cm³/mol. The molecule has 142 valence electrons. The van der Waals surface area contributed by atoms with Gasteiger partial charge in [-0.2, -0.15) is 5.10 Å². The van der Waals surface area contributed by atoms with Crippen LogP contribution in [0.25, 0.3) is 0 Å². The molecule has 9 nitrogen and oxygen atoms in total. The minimum Gasteiger partial charge on any atom is -0.376 e. The molecule has 0 saturated carbocycles. The first kappa shape index (κ1) is 18.8. The van der Waals surface area contributed by atoms with Crippen LogP contribution in [-0.4, -0.2) is 35.1 Å². The molecule has 1 amide bonds. The topological polar surface area (TPSA) is 113 Å². The van der Waals surface area contributed by atoms with Gasteiger partial charge in [-0.1, -0.05) is 6.07 Å². The molecular weight excluding hydrogens is 360 g/mol. The highest BCUT2D eigenvalue weighted by atomic mass is 16.6. The summed E-state index contributed by atoms with van der Waals surface area (Å²) in [6.07, 6.45) is 1.66. The van der Waals surface area contributed by atoms with Crippen LogP contribution >= 0.6 is 0 Å². The molecule has 0 fully saturated rings. The first-order valence-electron chi connectivity index (χ1n) is 8.35. The van der Waals surface area contributed by atoms with Crippen LogP contribution in [0.15, 0.2) is 60.8 Å². The Kier molecular flexibility index (Phi) is 5.45. The van der Waals surface area contributed by atoms with Crippen molar-refractivity contribution in [2.75, 3.05) is 29.6 Å². The van der Waals surface area contributed by atoms with Crippen LogP contribution < -0.4 is 15.5 Å². The number of nitro benzene ring substituents is 1. The Bertz CT molecular complexity index is 1000. The standard InChI is InChI=1S/C19H18N6O3/c1-24(2)17-11-18(23-20-12-17)21-14-6-8-15(9-7-14)22-19(26)13-4-3-5-16(10-13)25(27)28/h3-12H,1-2H3,(H,21,23)(H,22,26). The molecule has 1 aromatic heterocycles. The van der Waals surface area contributed by atoms with Crippen molar-refractivity contribution in [2.24, 2.45) is 0 Å². The minimum atomic E-state index is -0.536. The number of nitro groups is 1. The van der Waals surface area contributed by atoms with Gasteiger partial charge in [-0.25, -0.2) is 0 Å². The number of nitrogens with zero attached hydrogens (tertiary/aromatic N) is 4. The average molecular weight is 378 g/mol. The van der Waals surface area contributed by atoms with E-state index >= 15 is 0 Å². The molecule has 0 aliphatic rings. The highest BCUT2D eigenvalue weighted by Crippen LogP contribution is 2.21. The fraction of sp³-hybridized carbons (Fsp3) is 0.105. The van der Waals surface area contributed by atoms with Crippen LogP contribution in [-0.2, 0) is 0 Å². The Morgan fingerprint density at radius 2 is 1.79 bits per heavy atom. The average Bonchev–Trinajstić information content (AvgIpc) is 2.69. The van der Waals surface area contributed by atoms with E-state index in [9.17, 15) is 14.9 Å². The SMILES string of the molecule is CN(C)c1cnnc(Nc2ccc(NC(=O)c3cccc([N+](=O)[O-])c3)cc2)c1. The summed E-state index contributed by atoms with van der Waals surface area (Å²) >= 11 is 0. The van der Waals surface area contributed by atoms with E-state index in [0.717, 1.165) is 11.4 Å². The van der Waals surface area contributed by atoms with E-state index in [0.29, 0.717) is 11.5 Å². The van der Waals surface area contributed by atoms with Gasteiger partial charge in [-0.3, -0.25) is 14.9 Å². The summed E-state index contributed by atoms with van der Waals surface area (Å²) in [7, 11) is 3.83. The lowest BCUT2D eigenvalue weighted by molar-refractivity contribution is -0.384. The van der Waals surface area contributed by atoms with Gasteiger partial charge in [0.05, 0.1) is 16.8 Å². The van der Waals surface area contributed by atoms with E-state index in [-0.39, 0.29) is 11.3 Å². The number of benzene rings is 2. The van der Waals surface area contributed by atoms with Gasteiger partial charge in [0.1, 0.15) is 0 Å². The van der Waals surface area contributed by atoms with Gasteiger partial charge in [0.15, 0.2) is 5.82 Å². The van der Waals surface area contributed by atoms with Crippen LogP contribution in [0, 0.1) is 10.1 Å². The molecule has 0 bridgehead atoms. The Labute approximate surface area is 161 Å². The maximum atomic E-state index is 12.3. The smallest absolute Gasteiger partial charge is 0.270 e. The van der Waals surface area contributed by atoms with Crippen molar-refractivity contribution in [1.29, 1.82) is 0 Å². The summed E-state index contributed by atoms with van der Waals surface area (Å²) in [5, 5.41) is 24.7. The first-order valence-corrected chi connectivity index (χ1v) is 8.35. The number of carbonyl (C=O) groups excluding carboxylic acids is 1. The number of anilines is 4. The van der Waals surface area contributed by atoms with E-state index in [4.69, 9.17) is 0 Å². The summed E-state index contributed by atoms with van der Waals surface area (Å²) < 4.78 is 0. The van der Waals surface area contributed by atoms with E-state index < -0.39 is 10.8 Å². The number of amides is 1. The van der Waals surface area contributed by atoms with Crippen LogP contribution in [0.3, 0.4) is 0 Å². The van der Waals surface area contributed by atoms with Crippen LogP contribution in [0.2, 0.25) is 0 Å². The first-order chi connectivity index (χ1) is 13.4. The van der Waals surface area contributed by atoms with Crippen LogP contribution in [0.1, 0.15) is 10.4 Å². The monoisotopic (exact) mass is 378 g/mol. The highest BCUT2D eigenvalue weighted by Gasteiger charge is 2.11.